The van der Waals surface area contributed by atoms with Gasteiger partial charge < -0.3 is 15.8 Å². The zero-order valence-corrected chi connectivity index (χ0v) is 11.4. The lowest BCUT2D eigenvalue weighted by atomic mass is 10.1. The quantitative estimate of drug-likeness (QED) is 0.834. The summed E-state index contributed by atoms with van der Waals surface area (Å²) in [5.41, 5.74) is 5.80. The number of rotatable bonds is 6. The van der Waals surface area contributed by atoms with Gasteiger partial charge >= 0.3 is 0 Å². The number of hydrogen-bond acceptors (Lipinski definition) is 3. The van der Waals surface area contributed by atoms with Gasteiger partial charge in [0.1, 0.15) is 5.75 Å². The molecule has 0 unspecified atom stereocenters. The zero-order valence-electron chi connectivity index (χ0n) is 11.4. The van der Waals surface area contributed by atoms with Gasteiger partial charge in [0.2, 0.25) is 11.8 Å². The highest BCUT2D eigenvalue weighted by Gasteiger charge is 2.22. The van der Waals surface area contributed by atoms with E-state index in [0.29, 0.717) is 5.75 Å². The Morgan fingerprint density at radius 3 is 2.45 bits per heavy atom. The van der Waals surface area contributed by atoms with Crippen molar-refractivity contribution in [2.24, 2.45) is 11.7 Å². The molecule has 5 nitrogen and oxygen atoms in total. The number of hydrogen-bond donors (Lipinski definition) is 2. The van der Waals surface area contributed by atoms with Crippen molar-refractivity contribution in [1.82, 2.24) is 0 Å². The highest BCUT2D eigenvalue weighted by molar-refractivity contribution is 5.92. The fourth-order valence-corrected chi connectivity index (χ4v) is 2.34. The zero-order chi connectivity index (χ0) is 14.4. The van der Waals surface area contributed by atoms with Crippen LogP contribution in [0.4, 0.5) is 5.69 Å². The number of carbonyl (C=O) groups excluding carboxylic acids is 2. The Morgan fingerprint density at radius 1 is 1.20 bits per heavy atom. The average molecular weight is 276 g/mol. The van der Waals surface area contributed by atoms with Crippen LogP contribution >= 0.6 is 0 Å². The first-order chi connectivity index (χ1) is 9.65. The van der Waals surface area contributed by atoms with Crippen LogP contribution in [0.1, 0.15) is 32.1 Å². The molecule has 2 amide bonds. The molecule has 0 heterocycles. The maximum absolute atomic E-state index is 12.0. The fourth-order valence-electron chi connectivity index (χ4n) is 2.34. The number of carbonyl (C=O) groups is 2. The summed E-state index contributed by atoms with van der Waals surface area (Å²) in [5.74, 6) is 0.530. The molecule has 0 aliphatic heterocycles. The van der Waals surface area contributed by atoms with E-state index in [4.69, 9.17) is 10.5 Å². The van der Waals surface area contributed by atoms with Crippen LogP contribution in [-0.2, 0) is 9.59 Å². The second kappa shape index (κ2) is 6.93. The van der Waals surface area contributed by atoms with E-state index in [2.05, 4.69) is 5.32 Å². The summed E-state index contributed by atoms with van der Waals surface area (Å²) in [4.78, 5) is 22.5. The Hall–Kier alpha value is -2.04. The van der Waals surface area contributed by atoms with Crippen LogP contribution in [-0.4, -0.2) is 18.4 Å². The predicted octanol–water partition coefficient (Wildman–Crippen LogP) is 2.07. The third-order valence-electron chi connectivity index (χ3n) is 3.47. The van der Waals surface area contributed by atoms with Crippen molar-refractivity contribution in [3.05, 3.63) is 24.3 Å². The lowest BCUT2D eigenvalue weighted by molar-refractivity contribution is -0.120. The monoisotopic (exact) mass is 276 g/mol. The molecule has 5 heteroatoms. The Kier molecular flexibility index (Phi) is 4.98. The van der Waals surface area contributed by atoms with E-state index in [-0.39, 0.29) is 30.8 Å². The maximum Gasteiger partial charge on any atom is 0.227 e. The minimum atomic E-state index is -0.384. The summed E-state index contributed by atoms with van der Waals surface area (Å²) in [7, 11) is 0. The molecule has 108 valence electrons. The maximum atomic E-state index is 12.0. The number of primary amides is 1. The number of amides is 2. The Morgan fingerprint density at radius 2 is 1.85 bits per heavy atom. The summed E-state index contributed by atoms with van der Waals surface area (Å²) in [6, 6.07) is 7.13. The predicted molar refractivity (Wildman–Crippen MR) is 76.3 cm³/mol. The van der Waals surface area contributed by atoms with Crippen molar-refractivity contribution in [1.29, 1.82) is 0 Å². The smallest absolute Gasteiger partial charge is 0.227 e. The summed E-state index contributed by atoms with van der Waals surface area (Å²) in [6.07, 6.45) is 4.45. The minimum Gasteiger partial charge on any atom is -0.493 e. The van der Waals surface area contributed by atoms with Gasteiger partial charge in [-0.3, -0.25) is 9.59 Å². The Labute approximate surface area is 118 Å². The molecule has 0 spiro atoms. The number of nitrogens with one attached hydrogen (secondary N) is 1. The van der Waals surface area contributed by atoms with Crippen LogP contribution < -0.4 is 15.8 Å². The van der Waals surface area contributed by atoms with Gasteiger partial charge in [-0.25, -0.2) is 0 Å². The molecule has 1 aliphatic carbocycles. The van der Waals surface area contributed by atoms with E-state index in [9.17, 15) is 9.59 Å². The van der Waals surface area contributed by atoms with Crippen LogP contribution in [0.25, 0.3) is 0 Å². The largest absolute Gasteiger partial charge is 0.493 e. The molecular weight excluding hydrogens is 256 g/mol. The fraction of sp³-hybridized carbons (Fsp3) is 0.467. The first kappa shape index (κ1) is 14.4. The van der Waals surface area contributed by atoms with Crippen LogP contribution in [0.3, 0.4) is 0 Å². The Bertz CT molecular complexity index is 465. The van der Waals surface area contributed by atoms with Crippen LogP contribution in [0.15, 0.2) is 24.3 Å². The van der Waals surface area contributed by atoms with Gasteiger partial charge in [-0.05, 0) is 37.1 Å². The SMILES string of the molecule is NC(=O)CCOc1ccc(NC(=O)C2CCCC2)cc1. The molecule has 1 aromatic rings. The lowest BCUT2D eigenvalue weighted by Gasteiger charge is -2.11. The van der Waals surface area contributed by atoms with Gasteiger partial charge in [-0.15, -0.1) is 0 Å². The van der Waals surface area contributed by atoms with Gasteiger partial charge in [-0.2, -0.15) is 0 Å². The second-order valence-corrected chi connectivity index (χ2v) is 5.06. The lowest BCUT2D eigenvalue weighted by Crippen LogP contribution is -2.20. The standard InChI is InChI=1S/C15H20N2O3/c16-14(18)9-10-20-13-7-5-12(6-8-13)17-15(19)11-3-1-2-4-11/h5-8,11H,1-4,9-10H2,(H2,16,18)(H,17,19). The molecule has 1 saturated carbocycles. The van der Waals surface area contributed by atoms with Crippen molar-refractivity contribution in [3.63, 3.8) is 0 Å². The number of anilines is 1. The van der Waals surface area contributed by atoms with Crippen molar-refractivity contribution in [2.45, 2.75) is 32.1 Å². The van der Waals surface area contributed by atoms with Crippen molar-refractivity contribution in [2.75, 3.05) is 11.9 Å². The molecule has 0 saturated heterocycles. The molecule has 20 heavy (non-hydrogen) atoms. The Balaban J connectivity index is 1.81. The van der Waals surface area contributed by atoms with E-state index < -0.39 is 0 Å². The summed E-state index contributed by atoms with van der Waals surface area (Å²) < 4.78 is 5.36. The van der Waals surface area contributed by atoms with Crippen LogP contribution in [0, 0.1) is 5.92 Å². The van der Waals surface area contributed by atoms with E-state index in [1.807, 2.05) is 0 Å². The summed E-state index contributed by atoms with van der Waals surface area (Å²) >= 11 is 0. The van der Waals surface area contributed by atoms with Crippen molar-refractivity contribution >= 4 is 17.5 Å². The molecule has 0 atom stereocenters. The van der Waals surface area contributed by atoms with Gasteiger partial charge in [-0.1, -0.05) is 12.8 Å². The van der Waals surface area contributed by atoms with Gasteiger partial charge in [0.05, 0.1) is 13.0 Å². The highest BCUT2D eigenvalue weighted by Crippen LogP contribution is 2.26. The van der Waals surface area contributed by atoms with Crippen molar-refractivity contribution in [3.8, 4) is 5.75 Å². The van der Waals surface area contributed by atoms with E-state index in [1.54, 1.807) is 24.3 Å². The first-order valence-corrected chi connectivity index (χ1v) is 6.97. The molecular formula is C15H20N2O3. The van der Waals surface area contributed by atoms with E-state index >= 15 is 0 Å². The topological polar surface area (TPSA) is 81.4 Å². The molecule has 0 bridgehead atoms. The normalized spacial score (nSPS) is 15.0. The molecule has 1 aromatic carbocycles. The van der Waals surface area contributed by atoms with Gasteiger partial charge in [0.15, 0.2) is 0 Å². The molecule has 1 aliphatic rings. The van der Waals surface area contributed by atoms with Crippen molar-refractivity contribution < 1.29 is 14.3 Å². The van der Waals surface area contributed by atoms with Gasteiger partial charge in [0.25, 0.3) is 0 Å². The third kappa shape index (κ3) is 4.26. The van der Waals surface area contributed by atoms with E-state index in [0.717, 1.165) is 31.4 Å². The summed E-state index contributed by atoms with van der Waals surface area (Å²) in [5, 5.41) is 2.92. The van der Waals surface area contributed by atoms with E-state index in [1.165, 1.54) is 0 Å². The molecule has 3 N–H and O–H groups in total. The molecule has 0 radical (unpaired) electrons. The second-order valence-electron chi connectivity index (χ2n) is 5.06. The van der Waals surface area contributed by atoms with Crippen LogP contribution in [0.2, 0.25) is 0 Å². The molecule has 1 fully saturated rings. The highest BCUT2D eigenvalue weighted by atomic mass is 16.5. The van der Waals surface area contributed by atoms with Crippen LogP contribution in [0.5, 0.6) is 5.75 Å². The van der Waals surface area contributed by atoms with Gasteiger partial charge in [0, 0.05) is 11.6 Å². The number of benzene rings is 1. The molecule has 0 aromatic heterocycles. The minimum absolute atomic E-state index is 0.102. The number of nitrogens with two attached hydrogens (primary N) is 1. The molecule has 2 rings (SSSR count). The average Bonchev–Trinajstić information content (AvgIpc) is 2.94. The third-order valence-corrected chi connectivity index (χ3v) is 3.47. The summed E-state index contributed by atoms with van der Waals surface area (Å²) in [6.45, 7) is 0.267. The first-order valence-electron chi connectivity index (χ1n) is 6.97. The number of ether oxygens (including phenoxy) is 1.